The minimum Gasteiger partial charge on any atom is -0.374 e. The van der Waals surface area contributed by atoms with Gasteiger partial charge in [0.1, 0.15) is 0 Å². The standard InChI is InChI=1S/C7H9NO/c8-4-5-3-6-1-2-7(5)9-6/h5-7H,1-3H2/t5-,6-,7+/m0/s1. The summed E-state index contributed by atoms with van der Waals surface area (Å²) >= 11 is 0. The summed E-state index contributed by atoms with van der Waals surface area (Å²) in [6.07, 6.45) is 4.01. The maximum atomic E-state index is 8.56. The van der Waals surface area contributed by atoms with Crippen LogP contribution in [0.3, 0.4) is 0 Å². The van der Waals surface area contributed by atoms with Crippen LogP contribution in [0.4, 0.5) is 0 Å². The van der Waals surface area contributed by atoms with E-state index in [1.807, 2.05) is 0 Å². The van der Waals surface area contributed by atoms with Gasteiger partial charge in [0.25, 0.3) is 0 Å². The van der Waals surface area contributed by atoms with Crippen LogP contribution in [0.2, 0.25) is 0 Å². The highest BCUT2D eigenvalue weighted by molar-refractivity contribution is 4.99. The molecular formula is C7H9NO. The summed E-state index contributed by atoms with van der Waals surface area (Å²) in [4.78, 5) is 0. The van der Waals surface area contributed by atoms with Crippen molar-refractivity contribution in [2.24, 2.45) is 5.92 Å². The van der Waals surface area contributed by atoms with E-state index in [0.29, 0.717) is 12.2 Å². The SMILES string of the molecule is N#C[C@@H]1C[C@@H]2CC[C@H]1O2. The molecule has 2 heteroatoms. The average molecular weight is 123 g/mol. The summed E-state index contributed by atoms with van der Waals surface area (Å²) in [5.74, 6) is 0.212. The number of fused-ring (bicyclic) bond motifs is 2. The van der Waals surface area contributed by atoms with E-state index in [-0.39, 0.29) is 5.92 Å². The van der Waals surface area contributed by atoms with Crippen molar-refractivity contribution < 1.29 is 4.74 Å². The summed E-state index contributed by atoms with van der Waals surface area (Å²) in [6.45, 7) is 0. The van der Waals surface area contributed by atoms with Gasteiger partial charge in [-0.15, -0.1) is 0 Å². The van der Waals surface area contributed by atoms with Crippen molar-refractivity contribution in [2.75, 3.05) is 0 Å². The molecule has 0 saturated carbocycles. The van der Waals surface area contributed by atoms with Crippen LogP contribution in [0.15, 0.2) is 0 Å². The maximum absolute atomic E-state index is 8.56. The largest absolute Gasteiger partial charge is 0.374 e. The molecule has 0 aromatic carbocycles. The summed E-state index contributed by atoms with van der Waals surface area (Å²) in [5, 5.41) is 8.56. The van der Waals surface area contributed by atoms with E-state index in [9.17, 15) is 0 Å². The first-order chi connectivity index (χ1) is 4.40. The minimum absolute atomic E-state index is 0.212. The molecule has 2 heterocycles. The number of ether oxygens (including phenoxy) is 1. The second kappa shape index (κ2) is 1.71. The van der Waals surface area contributed by atoms with Crippen LogP contribution in [-0.4, -0.2) is 12.2 Å². The Hall–Kier alpha value is -0.550. The smallest absolute Gasteiger partial charge is 0.0750 e. The minimum atomic E-state index is 0.212. The van der Waals surface area contributed by atoms with Crippen LogP contribution in [-0.2, 0) is 4.74 Å². The Morgan fingerprint density at radius 1 is 1.44 bits per heavy atom. The summed E-state index contributed by atoms with van der Waals surface area (Å²) in [7, 11) is 0. The molecule has 2 fully saturated rings. The van der Waals surface area contributed by atoms with E-state index < -0.39 is 0 Å². The van der Waals surface area contributed by atoms with Crippen LogP contribution < -0.4 is 0 Å². The van der Waals surface area contributed by atoms with Gasteiger partial charge in [0.15, 0.2) is 0 Å². The summed E-state index contributed by atoms with van der Waals surface area (Å²) in [6, 6.07) is 2.27. The van der Waals surface area contributed by atoms with Gasteiger partial charge in [0.05, 0.1) is 24.2 Å². The quantitative estimate of drug-likeness (QED) is 0.482. The average Bonchev–Trinajstić information content (AvgIpc) is 2.45. The molecule has 0 spiro atoms. The Morgan fingerprint density at radius 2 is 2.33 bits per heavy atom. The van der Waals surface area contributed by atoms with Crippen LogP contribution in [0, 0.1) is 17.2 Å². The maximum Gasteiger partial charge on any atom is 0.0750 e. The Bertz CT molecular complexity index is 161. The lowest BCUT2D eigenvalue weighted by Gasteiger charge is -2.08. The molecule has 2 bridgehead atoms. The lowest BCUT2D eigenvalue weighted by molar-refractivity contribution is 0.0986. The van der Waals surface area contributed by atoms with E-state index >= 15 is 0 Å². The number of hydrogen-bond acceptors (Lipinski definition) is 2. The van der Waals surface area contributed by atoms with Gasteiger partial charge in [-0.25, -0.2) is 0 Å². The fourth-order valence-electron chi connectivity index (χ4n) is 1.77. The normalized spacial score (nSPS) is 47.2. The molecule has 2 aliphatic rings. The topological polar surface area (TPSA) is 33.0 Å². The Morgan fingerprint density at radius 3 is 2.67 bits per heavy atom. The molecule has 48 valence electrons. The third-order valence-electron chi connectivity index (χ3n) is 2.27. The molecule has 0 aromatic heterocycles. The molecule has 2 nitrogen and oxygen atoms in total. The zero-order valence-electron chi connectivity index (χ0n) is 5.21. The molecule has 0 radical (unpaired) electrons. The zero-order valence-corrected chi connectivity index (χ0v) is 5.21. The molecule has 0 aromatic rings. The van der Waals surface area contributed by atoms with Crippen molar-refractivity contribution in [3.8, 4) is 6.07 Å². The number of rotatable bonds is 0. The highest BCUT2D eigenvalue weighted by Crippen LogP contribution is 2.37. The predicted octanol–water partition coefficient (Wildman–Crippen LogP) is 1.08. The van der Waals surface area contributed by atoms with Crippen LogP contribution >= 0.6 is 0 Å². The number of hydrogen-bond donors (Lipinski definition) is 0. The molecule has 2 rings (SSSR count). The lowest BCUT2D eigenvalue weighted by atomic mass is 9.91. The van der Waals surface area contributed by atoms with Gasteiger partial charge >= 0.3 is 0 Å². The van der Waals surface area contributed by atoms with Crippen molar-refractivity contribution >= 4 is 0 Å². The van der Waals surface area contributed by atoms with Gasteiger partial charge in [-0.3, -0.25) is 0 Å². The van der Waals surface area contributed by atoms with Gasteiger partial charge in [-0.05, 0) is 19.3 Å². The van der Waals surface area contributed by atoms with Crippen molar-refractivity contribution in [2.45, 2.75) is 31.5 Å². The first-order valence-electron chi connectivity index (χ1n) is 3.45. The fraction of sp³-hybridized carbons (Fsp3) is 0.857. The molecule has 2 aliphatic heterocycles. The third-order valence-corrected chi connectivity index (χ3v) is 2.27. The van der Waals surface area contributed by atoms with Gasteiger partial charge < -0.3 is 4.74 Å². The van der Waals surface area contributed by atoms with Crippen molar-refractivity contribution in [1.82, 2.24) is 0 Å². The highest BCUT2D eigenvalue weighted by atomic mass is 16.5. The molecule has 3 atom stereocenters. The van der Waals surface area contributed by atoms with E-state index in [2.05, 4.69) is 6.07 Å². The summed E-state index contributed by atoms with van der Waals surface area (Å²) < 4.78 is 5.45. The Labute approximate surface area is 54.4 Å². The first kappa shape index (κ1) is 5.25. The second-order valence-electron chi connectivity index (χ2n) is 2.85. The third kappa shape index (κ3) is 0.650. The van der Waals surface area contributed by atoms with Crippen molar-refractivity contribution in [3.63, 3.8) is 0 Å². The van der Waals surface area contributed by atoms with Crippen molar-refractivity contribution in [3.05, 3.63) is 0 Å². The van der Waals surface area contributed by atoms with Crippen molar-refractivity contribution in [1.29, 1.82) is 5.26 Å². The van der Waals surface area contributed by atoms with Crippen LogP contribution in [0.1, 0.15) is 19.3 Å². The van der Waals surface area contributed by atoms with E-state index in [0.717, 1.165) is 12.8 Å². The fourth-order valence-corrected chi connectivity index (χ4v) is 1.77. The van der Waals surface area contributed by atoms with E-state index in [1.165, 1.54) is 6.42 Å². The molecule has 0 aliphatic carbocycles. The predicted molar refractivity (Wildman–Crippen MR) is 31.6 cm³/mol. The summed E-state index contributed by atoms with van der Waals surface area (Å²) in [5.41, 5.74) is 0. The lowest BCUT2D eigenvalue weighted by Crippen LogP contribution is -2.13. The van der Waals surface area contributed by atoms with Gasteiger partial charge in [-0.1, -0.05) is 0 Å². The molecule has 9 heavy (non-hydrogen) atoms. The highest BCUT2D eigenvalue weighted by Gasteiger charge is 2.40. The van der Waals surface area contributed by atoms with E-state index in [4.69, 9.17) is 10.00 Å². The molecular weight excluding hydrogens is 114 g/mol. The van der Waals surface area contributed by atoms with E-state index in [1.54, 1.807) is 0 Å². The molecule has 2 saturated heterocycles. The molecule has 0 unspecified atom stereocenters. The number of nitrogens with zero attached hydrogens (tertiary/aromatic N) is 1. The Balaban J connectivity index is 2.12. The van der Waals surface area contributed by atoms with Gasteiger partial charge in [-0.2, -0.15) is 5.26 Å². The van der Waals surface area contributed by atoms with Crippen LogP contribution in [0.25, 0.3) is 0 Å². The monoisotopic (exact) mass is 123 g/mol. The number of nitriles is 1. The molecule has 0 N–H and O–H groups in total. The molecule has 0 amide bonds. The second-order valence-corrected chi connectivity index (χ2v) is 2.85. The zero-order chi connectivity index (χ0) is 6.27. The van der Waals surface area contributed by atoms with Gasteiger partial charge in [0, 0.05) is 0 Å². The Kier molecular flexibility index (Phi) is 1.000. The van der Waals surface area contributed by atoms with Crippen LogP contribution in [0.5, 0.6) is 0 Å². The first-order valence-corrected chi connectivity index (χ1v) is 3.45. The van der Waals surface area contributed by atoms with Gasteiger partial charge in [0.2, 0.25) is 0 Å².